The molecule has 0 fully saturated rings. The third kappa shape index (κ3) is 5.33. The van der Waals surface area contributed by atoms with Crippen molar-refractivity contribution in [3.05, 3.63) is 123 Å². The van der Waals surface area contributed by atoms with Gasteiger partial charge in [-0.1, -0.05) is 88.2 Å². The molecule has 5 rings (SSSR count). The number of hydrazone groups is 1. The predicted octanol–water partition coefficient (Wildman–Crippen LogP) is 7.23. The van der Waals surface area contributed by atoms with E-state index in [0.29, 0.717) is 16.3 Å². The number of aromatic nitrogens is 1. The number of nitrogens with zero attached hydrogens (tertiary/aromatic N) is 1. The van der Waals surface area contributed by atoms with Crippen molar-refractivity contribution in [3.63, 3.8) is 0 Å². The third-order valence-corrected chi connectivity index (χ3v) is 6.46. The van der Waals surface area contributed by atoms with Crippen molar-refractivity contribution in [2.75, 3.05) is 0 Å². The van der Waals surface area contributed by atoms with Gasteiger partial charge in [-0.25, -0.2) is 10.2 Å². The Bertz CT molecular complexity index is 1650. The van der Waals surface area contributed by atoms with Crippen molar-refractivity contribution in [1.29, 1.82) is 0 Å². The summed E-state index contributed by atoms with van der Waals surface area (Å²) >= 11 is 9.54. The average molecular weight is 573 g/mol. The second-order valence-corrected chi connectivity index (χ2v) is 9.36. The minimum absolute atomic E-state index is 0.246. The highest BCUT2D eigenvalue weighted by atomic mass is 79.9. The molecule has 37 heavy (non-hydrogen) atoms. The maximum Gasteiger partial charge on any atom is 0.345 e. The van der Waals surface area contributed by atoms with E-state index >= 15 is 0 Å². The molecule has 0 saturated heterocycles. The van der Waals surface area contributed by atoms with Crippen molar-refractivity contribution < 1.29 is 14.3 Å². The van der Waals surface area contributed by atoms with Gasteiger partial charge in [0.1, 0.15) is 11.4 Å². The Kier molecular flexibility index (Phi) is 7.16. The number of carbonyl (C=O) groups excluding carboxylic acids is 2. The predicted molar refractivity (Wildman–Crippen MR) is 149 cm³/mol. The van der Waals surface area contributed by atoms with Crippen molar-refractivity contribution in [2.45, 2.75) is 0 Å². The zero-order valence-corrected chi connectivity index (χ0v) is 21.6. The second kappa shape index (κ2) is 10.8. The number of para-hydroxylation sites is 1. The van der Waals surface area contributed by atoms with E-state index in [0.717, 1.165) is 26.5 Å². The molecule has 4 aromatic carbocycles. The molecule has 182 valence electrons. The summed E-state index contributed by atoms with van der Waals surface area (Å²) < 4.78 is 6.32. The van der Waals surface area contributed by atoms with Gasteiger partial charge in [-0.05, 0) is 42.0 Å². The number of hydrogen-bond acceptors (Lipinski definition) is 4. The van der Waals surface area contributed by atoms with Gasteiger partial charge in [0, 0.05) is 26.5 Å². The Morgan fingerprint density at radius 1 is 0.919 bits per heavy atom. The fourth-order valence-corrected chi connectivity index (χ4v) is 4.52. The summed E-state index contributed by atoms with van der Waals surface area (Å²) in [7, 11) is 0. The smallest absolute Gasteiger partial charge is 0.345 e. The Labute approximate surface area is 226 Å². The molecule has 5 aromatic rings. The zero-order chi connectivity index (χ0) is 25.8. The zero-order valence-electron chi connectivity index (χ0n) is 19.2. The number of amides is 1. The number of aromatic amines is 1. The van der Waals surface area contributed by atoms with Gasteiger partial charge in [0.05, 0.1) is 16.8 Å². The number of hydrogen-bond donors (Lipinski definition) is 2. The minimum atomic E-state index is -0.600. The average Bonchev–Trinajstić information content (AvgIpc) is 3.30. The normalized spacial score (nSPS) is 11.1. The third-order valence-electron chi connectivity index (χ3n) is 5.63. The van der Waals surface area contributed by atoms with Crippen molar-refractivity contribution >= 4 is 56.5 Å². The van der Waals surface area contributed by atoms with Crippen LogP contribution >= 0.6 is 27.5 Å². The number of rotatable bonds is 6. The lowest BCUT2D eigenvalue weighted by atomic mass is 10.0. The van der Waals surface area contributed by atoms with E-state index in [9.17, 15) is 9.59 Å². The summed E-state index contributed by atoms with van der Waals surface area (Å²) in [6.07, 6.45) is 1.42. The molecule has 0 spiro atoms. The Morgan fingerprint density at radius 2 is 1.65 bits per heavy atom. The van der Waals surface area contributed by atoms with E-state index in [1.807, 2.05) is 54.6 Å². The van der Waals surface area contributed by atoms with Crippen LogP contribution in [0.1, 0.15) is 26.4 Å². The number of benzene rings is 4. The minimum Gasteiger partial charge on any atom is -0.422 e. The molecular formula is C29H19BrClN3O3. The Hall–Kier alpha value is -4.20. The van der Waals surface area contributed by atoms with E-state index in [-0.39, 0.29) is 11.3 Å². The van der Waals surface area contributed by atoms with Gasteiger partial charge in [-0.15, -0.1) is 0 Å². The summed E-state index contributed by atoms with van der Waals surface area (Å²) in [5.74, 6) is -0.741. The van der Waals surface area contributed by atoms with Crippen molar-refractivity contribution in [1.82, 2.24) is 10.4 Å². The molecule has 0 atom stereocenters. The Balaban J connectivity index is 1.40. The van der Waals surface area contributed by atoms with Gasteiger partial charge in [0.15, 0.2) is 0 Å². The van der Waals surface area contributed by atoms with Crippen molar-refractivity contribution in [2.24, 2.45) is 5.10 Å². The highest BCUT2D eigenvalue weighted by molar-refractivity contribution is 9.10. The van der Waals surface area contributed by atoms with Crippen LogP contribution in [0.2, 0.25) is 5.02 Å². The molecule has 0 saturated carbocycles. The number of H-pyrrole nitrogens is 1. The highest BCUT2D eigenvalue weighted by Gasteiger charge is 2.19. The first-order chi connectivity index (χ1) is 18.0. The van der Waals surface area contributed by atoms with Crippen LogP contribution in [0, 0.1) is 0 Å². The highest BCUT2D eigenvalue weighted by Crippen LogP contribution is 2.32. The van der Waals surface area contributed by atoms with Gasteiger partial charge >= 0.3 is 5.97 Å². The molecule has 8 heteroatoms. The summed E-state index contributed by atoms with van der Waals surface area (Å²) in [5, 5.41) is 5.36. The van der Waals surface area contributed by atoms with E-state index in [1.54, 1.807) is 42.5 Å². The quantitative estimate of drug-likeness (QED) is 0.0974. The molecule has 6 nitrogen and oxygen atoms in total. The molecule has 1 amide bonds. The number of carbonyl (C=O) groups is 2. The van der Waals surface area contributed by atoms with Crippen LogP contribution in [0.3, 0.4) is 0 Å². The number of esters is 1. The lowest BCUT2D eigenvalue weighted by Crippen LogP contribution is -2.19. The maximum absolute atomic E-state index is 13.2. The molecule has 0 aliphatic rings. The standard InChI is InChI=1S/C29H19BrClN3O3/c30-20-14-15-25(37-29(36)21-10-4-6-12-23(21)31)19(16-20)17-32-34-28(35)27-26(18-8-2-1-3-9-18)22-11-5-7-13-24(22)33-27/h1-17,33H,(H,34,35). The van der Waals surface area contributed by atoms with E-state index in [1.165, 1.54) is 6.21 Å². The first-order valence-corrected chi connectivity index (χ1v) is 12.4. The number of nitrogens with one attached hydrogen (secondary N) is 2. The number of fused-ring (bicyclic) bond motifs is 1. The fourth-order valence-electron chi connectivity index (χ4n) is 3.93. The van der Waals surface area contributed by atoms with Crippen LogP contribution in [0.25, 0.3) is 22.0 Å². The SMILES string of the molecule is O=C(Oc1ccc(Br)cc1C=NNC(=O)c1[nH]c2ccccc2c1-c1ccccc1)c1ccccc1Cl. The first-order valence-electron chi connectivity index (χ1n) is 11.3. The molecule has 0 radical (unpaired) electrons. The van der Waals surface area contributed by atoms with E-state index in [2.05, 4.69) is 31.4 Å². The fraction of sp³-hybridized carbons (Fsp3) is 0. The van der Waals surface area contributed by atoms with E-state index < -0.39 is 11.9 Å². The molecule has 0 aliphatic heterocycles. The van der Waals surface area contributed by atoms with Gasteiger partial charge in [-0.2, -0.15) is 5.10 Å². The maximum atomic E-state index is 13.2. The topological polar surface area (TPSA) is 83.5 Å². The lowest BCUT2D eigenvalue weighted by molar-refractivity contribution is 0.0734. The molecule has 1 aromatic heterocycles. The van der Waals surface area contributed by atoms with Crippen LogP contribution in [-0.4, -0.2) is 23.1 Å². The van der Waals surface area contributed by atoms with Crippen LogP contribution < -0.4 is 10.2 Å². The Morgan fingerprint density at radius 3 is 2.46 bits per heavy atom. The summed E-state index contributed by atoms with van der Waals surface area (Å²) in [4.78, 5) is 29.1. The number of ether oxygens (including phenoxy) is 1. The lowest BCUT2D eigenvalue weighted by Gasteiger charge is -2.09. The summed E-state index contributed by atoms with van der Waals surface area (Å²) in [5.41, 5.74) is 6.25. The van der Waals surface area contributed by atoms with E-state index in [4.69, 9.17) is 16.3 Å². The van der Waals surface area contributed by atoms with Gasteiger partial charge < -0.3 is 9.72 Å². The number of halogens is 2. The summed E-state index contributed by atoms with van der Waals surface area (Å²) in [6.45, 7) is 0. The van der Waals surface area contributed by atoms with Crippen LogP contribution in [0.15, 0.2) is 107 Å². The van der Waals surface area contributed by atoms with Gasteiger partial charge in [0.2, 0.25) is 0 Å². The molecule has 1 heterocycles. The van der Waals surface area contributed by atoms with Gasteiger partial charge in [-0.3, -0.25) is 4.79 Å². The molecular weight excluding hydrogens is 554 g/mol. The molecule has 0 bridgehead atoms. The van der Waals surface area contributed by atoms with Crippen molar-refractivity contribution in [3.8, 4) is 16.9 Å². The molecule has 2 N–H and O–H groups in total. The monoisotopic (exact) mass is 571 g/mol. The summed E-state index contributed by atoms with van der Waals surface area (Å²) in [6, 6.07) is 29.2. The second-order valence-electron chi connectivity index (χ2n) is 8.04. The largest absolute Gasteiger partial charge is 0.422 e. The first kappa shape index (κ1) is 24.5. The molecule has 0 aliphatic carbocycles. The van der Waals surface area contributed by atoms with Crippen LogP contribution in [0.4, 0.5) is 0 Å². The van der Waals surface area contributed by atoms with Gasteiger partial charge in [0.25, 0.3) is 5.91 Å². The molecule has 0 unspecified atom stereocenters. The van der Waals surface area contributed by atoms with Crippen LogP contribution in [0.5, 0.6) is 5.75 Å². The van der Waals surface area contributed by atoms with Crippen LogP contribution in [-0.2, 0) is 0 Å².